The van der Waals surface area contributed by atoms with Gasteiger partial charge in [0.05, 0.1) is 12.3 Å². The van der Waals surface area contributed by atoms with Gasteiger partial charge in [-0.05, 0) is 62.5 Å². The molecule has 0 aromatic heterocycles. The smallest absolute Gasteiger partial charge is 0.307 e. The normalized spacial score (nSPS) is 23.3. The Bertz CT molecular complexity index is 954. The van der Waals surface area contributed by atoms with Crippen LogP contribution in [0.5, 0.6) is 0 Å². The fourth-order valence-electron chi connectivity index (χ4n) is 6.30. The van der Waals surface area contributed by atoms with Crippen LogP contribution in [0.1, 0.15) is 70.3 Å². The highest BCUT2D eigenvalue weighted by Gasteiger charge is 2.54. The number of nitrogens with zero attached hydrogens (tertiary/aromatic N) is 2. The number of carbonyl (C=O) groups is 3. The van der Waals surface area contributed by atoms with Crippen LogP contribution in [0.2, 0.25) is 0 Å². The van der Waals surface area contributed by atoms with Gasteiger partial charge in [0.15, 0.2) is 0 Å². The highest BCUT2D eigenvalue weighted by molar-refractivity contribution is 5.88. The maximum absolute atomic E-state index is 14.4. The van der Waals surface area contributed by atoms with Gasteiger partial charge in [0, 0.05) is 38.7 Å². The van der Waals surface area contributed by atoms with Crippen LogP contribution in [0.25, 0.3) is 0 Å². The highest BCUT2D eigenvalue weighted by Crippen LogP contribution is 2.45. The van der Waals surface area contributed by atoms with Crippen LogP contribution >= 0.6 is 0 Å². The Morgan fingerprint density at radius 2 is 1.86 bits per heavy atom. The van der Waals surface area contributed by atoms with Crippen molar-refractivity contribution in [2.45, 2.75) is 82.8 Å². The molecular formula is C27H36F2N2O4. The average Bonchev–Trinajstić information content (AvgIpc) is 3.17. The van der Waals surface area contributed by atoms with E-state index in [0.717, 1.165) is 38.2 Å². The van der Waals surface area contributed by atoms with E-state index in [-0.39, 0.29) is 36.2 Å². The number of amides is 2. The molecule has 1 aliphatic carbocycles. The van der Waals surface area contributed by atoms with Crippen molar-refractivity contribution in [3.05, 3.63) is 35.4 Å². The van der Waals surface area contributed by atoms with Crippen molar-refractivity contribution in [2.75, 3.05) is 20.1 Å². The first kappa shape index (κ1) is 25.6. The molecule has 0 unspecified atom stereocenters. The lowest BCUT2D eigenvalue weighted by atomic mass is 9.75. The Hall–Kier alpha value is -2.51. The van der Waals surface area contributed by atoms with Crippen LogP contribution in [0.4, 0.5) is 8.78 Å². The minimum atomic E-state index is -0.639. The molecule has 3 fully saturated rings. The van der Waals surface area contributed by atoms with Crippen molar-refractivity contribution in [3.63, 3.8) is 0 Å². The Labute approximate surface area is 206 Å². The molecule has 2 aliphatic heterocycles. The number of hydrogen-bond acceptors (Lipinski definition) is 4. The first-order chi connectivity index (χ1) is 16.7. The average molecular weight is 491 g/mol. The van der Waals surface area contributed by atoms with Crippen molar-refractivity contribution in [1.82, 2.24) is 9.80 Å². The summed E-state index contributed by atoms with van der Waals surface area (Å²) in [5, 5.41) is 0. The number of benzene rings is 1. The summed E-state index contributed by atoms with van der Waals surface area (Å²) in [6.45, 7) is 2.85. The van der Waals surface area contributed by atoms with Gasteiger partial charge in [0.2, 0.25) is 11.8 Å². The Morgan fingerprint density at radius 3 is 2.49 bits per heavy atom. The predicted molar refractivity (Wildman–Crippen MR) is 126 cm³/mol. The summed E-state index contributed by atoms with van der Waals surface area (Å²) in [7, 11) is 1.74. The molecule has 8 heteroatoms. The third kappa shape index (κ3) is 5.36. The fraction of sp³-hybridized carbons (Fsp3) is 0.667. The van der Waals surface area contributed by atoms with Crippen LogP contribution in [0.15, 0.2) is 18.2 Å². The molecular weight excluding hydrogens is 454 g/mol. The minimum absolute atomic E-state index is 0.00434. The van der Waals surface area contributed by atoms with Crippen LogP contribution in [-0.4, -0.2) is 59.4 Å². The van der Waals surface area contributed by atoms with Gasteiger partial charge in [0.1, 0.15) is 17.2 Å². The van der Waals surface area contributed by atoms with Crippen molar-refractivity contribution < 1.29 is 27.9 Å². The van der Waals surface area contributed by atoms with Crippen LogP contribution < -0.4 is 0 Å². The van der Waals surface area contributed by atoms with Crippen molar-refractivity contribution in [2.24, 2.45) is 11.8 Å². The molecule has 4 rings (SSSR count). The topological polar surface area (TPSA) is 66.9 Å². The van der Waals surface area contributed by atoms with E-state index in [1.165, 1.54) is 12.1 Å². The molecule has 2 amide bonds. The molecule has 1 aromatic carbocycles. The quantitative estimate of drug-likeness (QED) is 0.560. The number of hydrogen-bond donors (Lipinski definition) is 0. The molecule has 1 aromatic rings. The van der Waals surface area contributed by atoms with Gasteiger partial charge in [-0.1, -0.05) is 19.4 Å². The van der Waals surface area contributed by atoms with Gasteiger partial charge >= 0.3 is 5.97 Å². The molecule has 0 bridgehead atoms. The lowest BCUT2D eigenvalue weighted by Crippen LogP contribution is -2.52. The standard InChI is InChI=1S/C27H36F2N2O4/c1-3-24(32)30(2)23(15-19-7-8-20(28)16-22(19)29)18-9-13-31(14-10-18)26(34)21-17-25(33)35-27(21)11-5-4-6-12-27/h7-8,16,18,21,23H,3-6,9-15,17H2,1-2H3/t21-,23-/m1/s1. The van der Waals surface area contributed by atoms with E-state index in [9.17, 15) is 23.2 Å². The highest BCUT2D eigenvalue weighted by atomic mass is 19.1. The molecule has 2 heterocycles. The van der Waals surface area contributed by atoms with Gasteiger partial charge in [0.25, 0.3) is 0 Å². The lowest BCUT2D eigenvalue weighted by molar-refractivity contribution is -0.156. The summed E-state index contributed by atoms with van der Waals surface area (Å²) in [6.07, 6.45) is 6.68. The van der Waals surface area contributed by atoms with E-state index in [4.69, 9.17) is 4.74 Å². The van der Waals surface area contributed by atoms with E-state index in [2.05, 4.69) is 0 Å². The predicted octanol–water partition coefficient (Wildman–Crippen LogP) is 4.25. The SMILES string of the molecule is CCC(=O)N(C)[C@H](Cc1ccc(F)cc1F)C1CCN(C(=O)[C@H]2CC(=O)OC23CCCCC3)CC1. The summed E-state index contributed by atoms with van der Waals surface area (Å²) in [5.41, 5.74) is -0.258. The molecule has 3 aliphatic rings. The van der Waals surface area contributed by atoms with E-state index < -0.39 is 23.2 Å². The molecule has 0 radical (unpaired) electrons. The largest absolute Gasteiger partial charge is 0.458 e. The van der Waals surface area contributed by atoms with E-state index in [0.29, 0.717) is 44.3 Å². The Kier molecular flexibility index (Phi) is 7.77. The summed E-state index contributed by atoms with van der Waals surface area (Å²) in [6, 6.07) is 3.31. The molecule has 192 valence electrons. The summed E-state index contributed by atoms with van der Waals surface area (Å²) in [4.78, 5) is 41.7. The molecule has 6 nitrogen and oxygen atoms in total. The summed E-state index contributed by atoms with van der Waals surface area (Å²) < 4.78 is 33.6. The summed E-state index contributed by atoms with van der Waals surface area (Å²) in [5.74, 6) is -1.89. The van der Waals surface area contributed by atoms with Gasteiger partial charge in [-0.3, -0.25) is 14.4 Å². The molecule has 0 N–H and O–H groups in total. The number of esters is 1. The van der Waals surface area contributed by atoms with Crippen molar-refractivity contribution in [3.8, 4) is 0 Å². The van der Waals surface area contributed by atoms with Crippen LogP contribution in [0, 0.1) is 23.5 Å². The zero-order valence-corrected chi connectivity index (χ0v) is 20.7. The second-order valence-corrected chi connectivity index (χ2v) is 10.4. The van der Waals surface area contributed by atoms with Gasteiger partial charge in [-0.25, -0.2) is 8.78 Å². The van der Waals surface area contributed by atoms with Crippen LogP contribution in [-0.2, 0) is 25.5 Å². The Morgan fingerprint density at radius 1 is 1.17 bits per heavy atom. The molecule has 35 heavy (non-hydrogen) atoms. The van der Waals surface area contributed by atoms with E-state index >= 15 is 0 Å². The monoisotopic (exact) mass is 490 g/mol. The number of likely N-dealkylation sites (N-methyl/N-ethyl adjacent to an activating group) is 1. The molecule has 2 saturated heterocycles. The number of rotatable bonds is 6. The number of likely N-dealkylation sites (tertiary alicyclic amines) is 1. The second kappa shape index (κ2) is 10.6. The van der Waals surface area contributed by atoms with Crippen molar-refractivity contribution >= 4 is 17.8 Å². The first-order valence-corrected chi connectivity index (χ1v) is 12.9. The zero-order chi connectivity index (χ0) is 25.2. The fourth-order valence-corrected chi connectivity index (χ4v) is 6.30. The van der Waals surface area contributed by atoms with Gasteiger partial charge < -0.3 is 14.5 Å². The molecule has 1 spiro atoms. The maximum Gasteiger partial charge on any atom is 0.307 e. The lowest BCUT2D eigenvalue weighted by Gasteiger charge is -2.42. The van der Waals surface area contributed by atoms with E-state index in [1.807, 2.05) is 4.90 Å². The maximum atomic E-state index is 14.4. The third-order valence-electron chi connectivity index (χ3n) is 8.35. The van der Waals surface area contributed by atoms with Gasteiger partial charge in [-0.2, -0.15) is 0 Å². The van der Waals surface area contributed by atoms with Gasteiger partial charge in [-0.15, -0.1) is 0 Å². The van der Waals surface area contributed by atoms with Crippen molar-refractivity contribution in [1.29, 1.82) is 0 Å². The molecule has 2 atom stereocenters. The number of carbonyl (C=O) groups excluding carboxylic acids is 3. The number of halogens is 2. The molecule has 1 saturated carbocycles. The number of ether oxygens (including phenoxy) is 1. The first-order valence-electron chi connectivity index (χ1n) is 12.9. The zero-order valence-electron chi connectivity index (χ0n) is 20.7. The Balaban J connectivity index is 1.45. The van der Waals surface area contributed by atoms with E-state index in [1.54, 1.807) is 18.9 Å². The number of piperidine rings is 1. The third-order valence-corrected chi connectivity index (χ3v) is 8.35. The minimum Gasteiger partial charge on any atom is -0.458 e. The second-order valence-electron chi connectivity index (χ2n) is 10.4. The van der Waals surface area contributed by atoms with Crippen LogP contribution in [0.3, 0.4) is 0 Å². The summed E-state index contributed by atoms with van der Waals surface area (Å²) >= 11 is 0.